The zero-order chi connectivity index (χ0) is 13.9. The first kappa shape index (κ1) is 14.8. The molecule has 1 aromatic rings. The van der Waals surface area contributed by atoms with E-state index in [9.17, 15) is 4.79 Å². The highest BCUT2D eigenvalue weighted by atomic mass is 35.5. The average molecular weight is 271 g/mol. The topological polar surface area (TPSA) is 35.5 Å². The van der Waals surface area contributed by atoms with Gasteiger partial charge in [-0.15, -0.1) is 0 Å². The fraction of sp³-hybridized carbons (Fsp3) is 0.500. The van der Waals surface area contributed by atoms with E-state index in [4.69, 9.17) is 21.1 Å². The molecule has 0 saturated heterocycles. The van der Waals surface area contributed by atoms with Crippen LogP contribution < -0.4 is 9.47 Å². The molecule has 3 nitrogen and oxygen atoms in total. The maximum Gasteiger partial charge on any atom is 0.170 e. The molecule has 18 heavy (non-hydrogen) atoms. The molecule has 0 amide bonds. The van der Waals surface area contributed by atoms with Crippen molar-refractivity contribution in [3.05, 3.63) is 22.7 Å². The highest BCUT2D eigenvalue weighted by Gasteiger charge is 2.29. The van der Waals surface area contributed by atoms with Gasteiger partial charge in [-0.25, -0.2) is 0 Å². The smallest absolute Gasteiger partial charge is 0.170 e. The monoisotopic (exact) mass is 270 g/mol. The summed E-state index contributed by atoms with van der Waals surface area (Å²) < 4.78 is 10.3. The van der Waals surface area contributed by atoms with Crippen molar-refractivity contribution < 1.29 is 14.3 Å². The Kier molecular flexibility index (Phi) is 4.63. The molecule has 0 aliphatic carbocycles. The zero-order valence-corrected chi connectivity index (χ0v) is 12.2. The van der Waals surface area contributed by atoms with Gasteiger partial charge in [0.05, 0.1) is 19.2 Å². The van der Waals surface area contributed by atoms with Crippen LogP contribution in [0, 0.1) is 5.41 Å². The first-order valence-electron chi connectivity index (χ1n) is 5.83. The summed E-state index contributed by atoms with van der Waals surface area (Å²) in [5, 5.41) is 0.388. The average Bonchev–Trinajstić information content (AvgIpc) is 2.37. The van der Waals surface area contributed by atoms with Crippen LogP contribution in [0.2, 0.25) is 5.02 Å². The summed E-state index contributed by atoms with van der Waals surface area (Å²) in [5.41, 5.74) is 0.0321. The van der Waals surface area contributed by atoms with Gasteiger partial charge in [0.25, 0.3) is 0 Å². The lowest BCUT2D eigenvalue weighted by atomic mass is 9.82. The molecule has 0 fully saturated rings. The van der Waals surface area contributed by atoms with E-state index in [1.807, 2.05) is 20.8 Å². The minimum Gasteiger partial charge on any atom is -0.493 e. The fourth-order valence-electron chi connectivity index (χ4n) is 1.55. The molecule has 0 aliphatic heterocycles. The van der Waals surface area contributed by atoms with Gasteiger partial charge in [0.1, 0.15) is 0 Å². The molecule has 0 bridgehead atoms. The molecule has 0 radical (unpaired) electrons. The van der Waals surface area contributed by atoms with Gasteiger partial charge in [0.2, 0.25) is 0 Å². The zero-order valence-electron chi connectivity index (χ0n) is 11.5. The van der Waals surface area contributed by atoms with Gasteiger partial charge >= 0.3 is 0 Å². The first-order chi connectivity index (χ1) is 8.37. The number of halogens is 1. The highest BCUT2D eigenvalue weighted by molar-refractivity contribution is 6.34. The second-order valence-corrected chi connectivity index (χ2v) is 5.16. The molecule has 0 aromatic heterocycles. The molecular formula is C14H19ClO3. The molecule has 0 heterocycles. The SMILES string of the molecule is CCC(C)(C)C(=O)c1cc(OC)c(OC)cc1Cl. The number of carbonyl (C=O) groups excluding carboxylic acids is 1. The van der Waals surface area contributed by atoms with E-state index < -0.39 is 5.41 Å². The van der Waals surface area contributed by atoms with E-state index in [-0.39, 0.29) is 5.78 Å². The van der Waals surface area contributed by atoms with Crippen molar-refractivity contribution in [1.82, 2.24) is 0 Å². The number of carbonyl (C=O) groups is 1. The predicted octanol–water partition coefficient (Wildman–Crippen LogP) is 3.98. The number of rotatable bonds is 5. The maximum absolute atomic E-state index is 12.4. The van der Waals surface area contributed by atoms with Gasteiger partial charge in [-0.2, -0.15) is 0 Å². The Morgan fingerprint density at radius 2 is 1.72 bits per heavy atom. The molecule has 0 aliphatic rings. The van der Waals surface area contributed by atoms with Crippen LogP contribution in [-0.4, -0.2) is 20.0 Å². The van der Waals surface area contributed by atoms with Gasteiger partial charge in [-0.3, -0.25) is 4.79 Å². The van der Waals surface area contributed by atoms with Gasteiger partial charge in [-0.1, -0.05) is 32.4 Å². The van der Waals surface area contributed by atoms with Gasteiger partial charge in [-0.05, 0) is 12.5 Å². The fourth-order valence-corrected chi connectivity index (χ4v) is 1.79. The van der Waals surface area contributed by atoms with Crippen molar-refractivity contribution in [3.8, 4) is 11.5 Å². The number of hydrogen-bond acceptors (Lipinski definition) is 3. The van der Waals surface area contributed by atoms with Crippen molar-refractivity contribution in [1.29, 1.82) is 0 Å². The number of ketones is 1. The van der Waals surface area contributed by atoms with Crippen molar-refractivity contribution in [2.24, 2.45) is 5.41 Å². The molecule has 0 spiro atoms. The molecular weight excluding hydrogens is 252 g/mol. The number of benzene rings is 1. The van der Waals surface area contributed by atoms with Gasteiger partial charge < -0.3 is 9.47 Å². The Hall–Kier alpha value is -1.22. The van der Waals surface area contributed by atoms with Gasteiger partial charge in [0, 0.05) is 17.0 Å². The summed E-state index contributed by atoms with van der Waals surface area (Å²) in [6.45, 7) is 5.79. The van der Waals surface area contributed by atoms with Crippen molar-refractivity contribution in [2.75, 3.05) is 14.2 Å². The summed E-state index contributed by atoms with van der Waals surface area (Å²) in [6.07, 6.45) is 0.747. The molecule has 100 valence electrons. The van der Waals surface area contributed by atoms with E-state index in [1.54, 1.807) is 12.1 Å². The molecule has 0 unspecified atom stereocenters. The van der Waals surface area contributed by atoms with Crippen LogP contribution in [0.5, 0.6) is 11.5 Å². The Morgan fingerprint density at radius 1 is 1.22 bits per heavy atom. The summed E-state index contributed by atoms with van der Waals surface area (Å²) in [4.78, 5) is 12.4. The van der Waals surface area contributed by atoms with Crippen LogP contribution in [0.3, 0.4) is 0 Å². The standard InChI is InChI=1S/C14H19ClO3/c1-6-14(2,3)13(16)9-7-11(17-4)12(18-5)8-10(9)15/h7-8H,6H2,1-5H3. The van der Waals surface area contributed by atoms with E-state index in [0.717, 1.165) is 6.42 Å². The molecule has 0 saturated carbocycles. The molecule has 0 atom stereocenters. The molecule has 0 N–H and O–H groups in total. The van der Waals surface area contributed by atoms with Crippen molar-refractivity contribution in [3.63, 3.8) is 0 Å². The van der Waals surface area contributed by atoms with Crippen LogP contribution in [0.1, 0.15) is 37.6 Å². The van der Waals surface area contributed by atoms with Crippen LogP contribution >= 0.6 is 11.6 Å². The number of ether oxygens (including phenoxy) is 2. The van der Waals surface area contributed by atoms with E-state index >= 15 is 0 Å². The van der Waals surface area contributed by atoms with Crippen molar-refractivity contribution in [2.45, 2.75) is 27.2 Å². The predicted molar refractivity (Wildman–Crippen MR) is 73.0 cm³/mol. The largest absolute Gasteiger partial charge is 0.493 e. The normalized spacial score (nSPS) is 11.2. The maximum atomic E-state index is 12.4. The second-order valence-electron chi connectivity index (χ2n) is 4.75. The van der Waals surface area contributed by atoms with Crippen LogP contribution in [0.4, 0.5) is 0 Å². The Bertz CT molecular complexity index is 453. The number of Topliss-reactive ketones (excluding diaryl/α,β-unsaturated/α-hetero) is 1. The van der Waals surface area contributed by atoms with Crippen molar-refractivity contribution >= 4 is 17.4 Å². The highest BCUT2D eigenvalue weighted by Crippen LogP contribution is 2.36. The minimum atomic E-state index is -0.441. The second kappa shape index (κ2) is 5.61. The third kappa shape index (κ3) is 2.78. The van der Waals surface area contributed by atoms with Gasteiger partial charge in [0.15, 0.2) is 17.3 Å². The van der Waals surface area contributed by atoms with Crippen LogP contribution in [-0.2, 0) is 0 Å². The summed E-state index contributed by atoms with van der Waals surface area (Å²) >= 11 is 6.14. The summed E-state index contributed by atoms with van der Waals surface area (Å²) in [6, 6.07) is 3.25. The Labute approximate surface area is 113 Å². The molecule has 4 heteroatoms. The molecule has 1 aromatic carbocycles. The number of methoxy groups -OCH3 is 2. The third-order valence-electron chi connectivity index (χ3n) is 3.22. The summed E-state index contributed by atoms with van der Waals surface area (Å²) in [7, 11) is 3.07. The van der Waals surface area contributed by atoms with E-state index in [0.29, 0.717) is 22.1 Å². The Morgan fingerprint density at radius 3 is 2.17 bits per heavy atom. The molecule has 1 rings (SSSR count). The number of hydrogen-bond donors (Lipinski definition) is 0. The lowest BCUT2D eigenvalue weighted by Gasteiger charge is -2.22. The summed E-state index contributed by atoms with van der Waals surface area (Å²) in [5.74, 6) is 1.04. The van der Waals surface area contributed by atoms with Crippen LogP contribution in [0.25, 0.3) is 0 Å². The van der Waals surface area contributed by atoms with Crippen LogP contribution in [0.15, 0.2) is 12.1 Å². The third-order valence-corrected chi connectivity index (χ3v) is 3.53. The van der Waals surface area contributed by atoms with E-state index in [1.165, 1.54) is 14.2 Å². The van der Waals surface area contributed by atoms with E-state index in [2.05, 4.69) is 0 Å². The first-order valence-corrected chi connectivity index (χ1v) is 6.21. The quantitative estimate of drug-likeness (QED) is 0.760. The minimum absolute atomic E-state index is 0.0101. The Balaban J connectivity index is 3.30. The lowest BCUT2D eigenvalue weighted by Crippen LogP contribution is -2.23. The lowest BCUT2D eigenvalue weighted by molar-refractivity contribution is 0.0833.